The number of aldehydes is 1. The minimum absolute atomic E-state index is 0.0226. The lowest BCUT2D eigenvalue weighted by Crippen LogP contribution is -2.43. The summed E-state index contributed by atoms with van der Waals surface area (Å²) in [6.07, 6.45) is 0.230. The third-order valence-electron chi connectivity index (χ3n) is 4.93. The molecule has 178 valence electrons. The monoisotopic (exact) mass is 450 g/mol. The molecule has 1 rings (SSSR count). The van der Waals surface area contributed by atoms with Gasteiger partial charge in [-0.25, -0.2) is 10.7 Å². The Labute approximate surface area is 188 Å². The Bertz CT molecular complexity index is 766. The van der Waals surface area contributed by atoms with Gasteiger partial charge in [0.05, 0.1) is 6.04 Å². The molecule has 1 aromatic carbocycles. The molecule has 0 bridgehead atoms. The van der Waals surface area contributed by atoms with Crippen LogP contribution in [0.3, 0.4) is 0 Å². The van der Waals surface area contributed by atoms with E-state index in [1.165, 1.54) is 11.9 Å². The minimum Gasteiger partial charge on any atom is -0.445 e. The Morgan fingerprint density at radius 2 is 1.69 bits per heavy atom. The van der Waals surface area contributed by atoms with Crippen LogP contribution in [0.5, 0.6) is 0 Å². The predicted molar refractivity (Wildman–Crippen MR) is 119 cm³/mol. The number of likely N-dealkylation sites (N-methyl/N-ethyl adjacent to an activating group) is 1. The van der Waals surface area contributed by atoms with E-state index in [4.69, 9.17) is 10.6 Å². The molecule has 32 heavy (non-hydrogen) atoms. The second-order valence-electron chi connectivity index (χ2n) is 8.21. The van der Waals surface area contributed by atoms with Gasteiger partial charge in [0.25, 0.3) is 0 Å². The van der Waals surface area contributed by atoms with Gasteiger partial charge in [-0.1, -0.05) is 39.8 Å². The van der Waals surface area contributed by atoms with Crippen LogP contribution in [0.1, 0.15) is 39.7 Å². The predicted octanol–water partition coefficient (Wildman–Crippen LogP) is 1.84. The molecule has 0 heterocycles. The largest absolute Gasteiger partial charge is 0.445 e. The number of carbonyl (C=O) groups excluding carboxylic acids is 4. The lowest BCUT2D eigenvalue weighted by atomic mass is 10.0. The van der Waals surface area contributed by atoms with E-state index in [1.54, 1.807) is 24.3 Å². The zero-order valence-corrected chi connectivity index (χ0v) is 19.3. The molecule has 0 aliphatic carbocycles. The average Bonchev–Trinajstić information content (AvgIpc) is 2.72. The molecular formula is C22H34N4O6. The topological polar surface area (TPSA) is 140 Å². The van der Waals surface area contributed by atoms with E-state index in [2.05, 4.69) is 15.5 Å². The lowest BCUT2D eigenvalue weighted by Gasteiger charge is -2.25. The first-order valence-corrected chi connectivity index (χ1v) is 10.4. The first-order valence-electron chi connectivity index (χ1n) is 10.4. The van der Waals surface area contributed by atoms with Crippen LogP contribution in [-0.4, -0.2) is 54.8 Å². The zero-order chi connectivity index (χ0) is 24.3. The molecule has 0 saturated carbocycles. The van der Waals surface area contributed by atoms with Crippen LogP contribution < -0.4 is 16.5 Å². The van der Waals surface area contributed by atoms with Crippen molar-refractivity contribution in [3.63, 3.8) is 0 Å². The SMILES string of the molecule is CC(C)C(CC(=O)Nc1ccc(COC(=O)N(C)C(C=O)C(C)C)cc1)NC(=O)CON. The zero-order valence-electron chi connectivity index (χ0n) is 19.3. The van der Waals surface area contributed by atoms with Crippen molar-refractivity contribution in [1.82, 2.24) is 10.2 Å². The molecule has 0 aromatic heterocycles. The normalized spacial score (nSPS) is 12.8. The highest BCUT2D eigenvalue weighted by Crippen LogP contribution is 2.14. The highest BCUT2D eigenvalue weighted by Gasteiger charge is 2.23. The molecule has 4 N–H and O–H groups in total. The summed E-state index contributed by atoms with van der Waals surface area (Å²) in [5, 5.41) is 5.50. The molecule has 0 spiro atoms. The number of nitrogens with one attached hydrogen (secondary N) is 2. The Morgan fingerprint density at radius 1 is 1.06 bits per heavy atom. The number of benzene rings is 1. The van der Waals surface area contributed by atoms with Gasteiger partial charge in [-0.3, -0.25) is 14.4 Å². The maximum Gasteiger partial charge on any atom is 0.410 e. The van der Waals surface area contributed by atoms with E-state index in [0.29, 0.717) is 5.69 Å². The Balaban J connectivity index is 2.59. The van der Waals surface area contributed by atoms with Crippen molar-refractivity contribution < 1.29 is 28.8 Å². The maximum atomic E-state index is 12.4. The summed E-state index contributed by atoms with van der Waals surface area (Å²) in [6, 6.07) is 5.92. The van der Waals surface area contributed by atoms with Gasteiger partial charge in [0.1, 0.15) is 19.5 Å². The Kier molecular flexibility index (Phi) is 11.4. The van der Waals surface area contributed by atoms with Crippen molar-refractivity contribution in [3.05, 3.63) is 29.8 Å². The number of anilines is 1. The Hall–Kier alpha value is -2.98. The summed E-state index contributed by atoms with van der Waals surface area (Å²) < 4.78 is 5.26. The van der Waals surface area contributed by atoms with Crippen molar-refractivity contribution in [3.8, 4) is 0 Å². The molecule has 2 atom stereocenters. The lowest BCUT2D eigenvalue weighted by molar-refractivity contribution is -0.127. The number of ether oxygens (including phenoxy) is 1. The highest BCUT2D eigenvalue weighted by atomic mass is 16.6. The van der Waals surface area contributed by atoms with Crippen molar-refractivity contribution >= 4 is 29.9 Å². The van der Waals surface area contributed by atoms with E-state index >= 15 is 0 Å². The number of amides is 3. The van der Waals surface area contributed by atoms with Crippen molar-refractivity contribution in [1.29, 1.82) is 0 Å². The highest BCUT2D eigenvalue weighted by molar-refractivity contribution is 5.91. The number of nitrogens with two attached hydrogens (primary N) is 1. The van der Waals surface area contributed by atoms with Crippen LogP contribution in [0.15, 0.2) is 24.3 Å². The van der Waals surface area contributed by atoms with E-state index < -0.39 is 18.0 Å². The number of hydrogen-bond acceptors (Lipinski definition) is 7. The molecule has 0 radical (unpaired) electrons. The number of nitrogens with zero attached hydrogens (tertiary/aromatic N) is 1. The average molecular weight is 451 g/mol. The molecule has 1 aromatic rings. The van der Waals surface area contributed by atoms with E-state index in [9.17, 15) is 19.2 Å². The molecule has 10 nitrogen and oxygen atoms in total. The van der Waals surface area contributed by atoms with Crippen LogP contribution in [-0.2, 0) is 30.6 Å². The van der Waals surface area contributed by atoms with Crippen molar-refractivity contribution in [2.75, 3.05) is 19.0 Å². The molecule has 2 unspecified atom stereocenters. The minimum atomic E-state index is -0.588. The van der Waals surface area contributed by atoms with Crippen LogP contribution >= 0.6 is 0 Å². The molecule has 0 saturated heterocycles. The standard InChI is InChI=1S/C22H34N4O6/c1-14(2)18(25-21(29)13-32-23)10-20(28)24-17-8-6-16(7-9-17)12-31-22(30)26(5)19(11-27)15(3)4/h6-9,11,14-15,18-19H,10,12-13,23H2,1-5H3,(H,24,28)(H,25,29). The fraction of sp³-hybridized carbons (Fsp3) is 0.545. The summed E-state index contributed by atoms with van der Waals surface area (Å²) in [6.45, 7) is 7.25. The third kappa shape index (κ3) is 9.03. The second-order valence-corrected chi connectivity index (χ2v) is 8.21. The number of hydrogen-bond donors (Lipinski definition) is 3. The second kappa shape index (κ2) is 13.4. The molecular weight excluding hydrogens is 416 g/mol. The van der Waals surface area contributed by atoms with E-state index in [0.717, 1.165) is 11.8 Å². The number of rotatable bonds is 12. The van der Waals surface area contributed by atoms with Gasteiger partial charge in [0, 0.05) is 25.2 Å². The van der Waals surface area contributed by atoms with E-state index in [-0.39, 0.29) is 43.4 Å². The van der Waals surface area contributed by atoms with Gasteiger partial charge in [0.15, 0.2) is 0 Å². The van der Waals surface area contributed by atoms with Crippen molar-refractivity contribution in [2.24, 2.45) is 17.7 Å². The van der Waals surface area contributed by atoms with Gasteiger partial charge in [-0.15, -0.1) is 0 Å². The molecule has 3 amide bonds. The van der Waals surface area contributed by atoms with Gasteiger partial charge < -0.3 is 25.1 Å². The first kappa shape index (κ1) is 27.1. The van der Waals surface area contributed by atoms with Crippen LogP contribution in [0.25, 0.3) is 0 Å². The van der Waals surface area contributed by atoms with Crippen LogP contribution in [0.2, 0.25) is 0 Å². The van der Waals surface area contributed by atoms with Crippen molar-refractivity contribution in [2.45, 2.75) is 52.8 Å². The van der Waals surface area contributed by atoms with E-state index in [1.807, 2.05) is 27.7 Å². The van der Waals surface area contributed by atoms with Gasteiger partial charge >= 0.3 is 6.09 Å². The summed E-state index contributed by atoms with van der Waals surface area (Å²) in [5.41, 5.74) is 1.30. The third-order valence-corrected chi connectivity index (χ3v) is 4.93. The molecule has 0 fully saturated rings. The summed E-state index contributed by atoms with van der Waals surface area (Å²) in [5.74, 6) is 4.26. The summed E-state index contributed by atoms with van der Waals surface area (Å²) >= 11 is 0. The van der Waals surface area contributed by atoms with Crippen LogP contribution in [0, 0.1) is 11.8 Å². The molecule has 0 aliphatic rings. The summed E-state index contributed by atoms with van der Waals surface area (Å²) in [7, 11) is 1.52. The smallest absolute Gasteiger partial charge is 0.410 e. The van der Waals surface area contributed by atoms with Gasteiger partial charge in [0.2, 0.25) is 11.8 Å². The maximum absolute atomic E-state index is 12.4. The first-order chi connectivity index (χ1) is 15.1. The quantitative estimate of drug-likeness (QED) is 0.326. The fourth-order valence-corrected chi connectivity index (χ4v) is 2.94. The molecule has 10 heteroatoms. The van der Waals surface area contributed by atoms with Gasteiger partial charge in [-0.05, 0) is 29.5 Å². The van der Waals surface area contributed by atoms with Gasteiger partial charge in [-0.2, -0.15) is 0 Å². The fourth-order valence-electron chi connectivity index (χ4n) is 2.94. The number of carbonyl (C=O) groups is 4. The Morgan fingerprint density at radius 3 is 2.19 bits per heavy atom. The van der Waals surface area contributed by atoms with Crippen LogP contribution in [0.4, 0.5) is 10.5 Å². The molecule has 0 aliphatic heterocycles. The summed E-state index contributed by atoms with van der Waals surface area (Å²) in [4.78, 5) is 52.9.